The molecule has 6 nitrogen and oxygen atoms in total. The first-order valence-corrected chi connectivity index (χ1v) is 7.49. The van der Waals surface area contributed by atoms with Crippen LogP contribution in [0, 0.1) is 11.8 Å². The molecular formula is C18H23NO5. The SMILES string of the molecule is COC(=O)c1ccc(C#CCCNC(=O)OC(C)(C)C)cc1OC. The van der Waals surface area contributed by atoms with E-state index in [4.69, 9.17) is 9.47 Å². The molecule has 1 aromatic carbocycles. The lowest BCUT2D eigenvalue weighted by molar-refractivity contribution is 0.0527. The number of benzene rings is 1. The van der Waals surface area contributed by atoms with Gasteiger partial charge in [0, 0.05) is 18.5 Å². The number of rotatable bonds is 4. The maximum Gasteiger partial charge on any atom is 0.407 e. The number of esters is 1. The Morgan fingerprint density at radius 1 is 1.21 bits per heavy atom. The van der Waals surface area contributed by atoms with Gasteiger partial charge in [-0.3, -0.25) is 0 Å². The van der Waals surface area contributed by atoms with E-state index in [0.717, 1.165) is 0 Å². The van der Waals surface area contributed by atoms with Crippen molar-refractivity contribution in [2.75, 3.05) is 20.8 Å². The molecule has 0 aliphatic heterocycles. The molecule has 0 saturated heterocycles. The molecule has 6 heteroatoms. The highest BCUT2D eigenvalue weighted by Gasteiger charge is 2.15. The lowest BCUT2D eigenvalue weighted by Gasteiger charge is -2.19. The Labute approximate surface area is 142 Å². The molecule has 0 heterocycles. The van der Waals surface area contributed by atoms with Gasteiger partial charge in [0.1, 0.15) is 16.9 Å². The Morgan fingerprint density at radius 2 is 1.92 bits per heavy atom. The molecule has 1 N–H and O–H groups in total. The molecule has 0 aliphatic carbocycles. The average Bonchev–Trinajstić information content (AvgIpc) is 2.51. The number of methoxy groups -OCH3 is 2. The predicted molar refractivity (Wildman–Crippen MR) is 90.1 cm³/mol. The third kappa shape index (κ3) is 6.61. The van der Waals surface area contributed by atoms with Gasteiger partial charge in [-0.05, 0) is 39.0 Å². The molecule has 24 heavy (non-hydrogen) atoms. The van der Waals surface area contributed by atoms with Gasteiger partial charge in [-0.1, -0.05) is 11.8 Å². The van der Waals surface area contributed by atoms with Crippen LogP contribution in [0.15, 0.2) is 18.2 Å². The average molecular weight is 333 g/mol. The van der Waals surface area contributed by atoms with Gasteiger partial charge in [-0.2, -0.15) is 0 Å². The van der Waals surface area contributed by atoms with Gasteiger partial charge >= 0.3 is 12.1 Å². The fourth-order valence-electron chi connectivity index (χ4n) is 1.75. The normalized spacial score (nSPS) is 10.2. The molecular weight excluding hydrogens is 310 g/mol. The molecule has 0 aliphatic rings. The lowest BCUT2D eigenvalue weighted by Crippen LogP contribution is -2.32. The van der Waals surface area contributed by atoms with E-state index in [2.05, 4.69) is 21.9 Å². The molecule has 130 valence electrons. The van der Waals surface area contributed by atoms with E-state index in [9.17, 15) is 9.59 Å². The van der Waals surface area contributed by atoms with Gasteiger partial charge in [0.2, 0.25) is 0 Å². The largest absolute Gasteiger partial charge is 0.496 e. The number of carbonyl (C=O) groups excluding carboxylic acids is 2. The van der Waals surface area contributed by atoms with E-state index in [1.807, 2.05) is 0 Å². The van der Waals surface area contributed by atoms with Crippen molar-refractivity contribution in [3.63, 3.8) is 0 Å². The maximum absolute atomic E-state index is 11.6. The summed E-state index contributed by atoms with van der Waals surface area (Å²) in [5.41, 5.74) is 0.530. The molecule has 1 aromatic rings. The van der Waals surface area contributed by atoms with Crippen molar-refractivity contribution in [2.45, 2.75) is 32.8 Å². The first-order valence-electron chi connectivity index (χ1n) is 7.49. The topological polar surface area (TPSA) is 73.9 Å². The zero-order chi connectivity index (χ0) is 18.2. The summed E-state index contributed by atoms with van der Waals surface area (Å²) in [6, 6.07) is 4.98. The van der Waals surface area contributed by atoms with Crippen molar-refractivity contribution in [3.8, 4) is 17.6 Å². The molecule has 1 amide bonds. The van der Waals surface area contributed by atoms with Crippen molar-refractivity contribution in [2.24, 2.45) is 0 Å². The van der Waals surface area contributed by atoms with Crippen LogP contribution in [0.25, 0.3) is 0 Å². The molecule has 0 bridgehead atoms. The van der Waals surface area contributed by atoms with Crippen LogP contribution >= 0.6 is 0 Å². The van der Waals surface area contributed by atoms with Crippen molar-refractivity contribution in [1.82, 2.24) is 5.32 Å². The number of ether oxygens (including phenoxy) is 3. The van der Waals surface area contributed by atoms with Crippen LogP contribution in [-0.4, -0.2) is 38.4 Å². The zero-order valence-corrected chi connectivity index (χ0v) is 14.7. The van der Waals surface area contributed by atoms with Crippen LogP contribution in [0.1, 0.15) is 43.1 Å². The van der Waals surface area contributed by atoms with E-state index in [0.29, 0.717) is 29.8 Å². The summed E-state index contributed by atoms with van der Waals surface area (Å²) in [5, 5.41) is 2.63. The molecule has 0 atom stereocenters. The maximum atomic E-state index is 11.6. The summed E-state index contributed by atoms with van der Waals surface area (Å²) >= 11 is 0. The molecule has 0 spiro atoms. The Kier molecular flexibility index (Phi) is 7.12. The number of carbonyl (C=O) groups is 2. The summed E-state index contributed by atoms with van der Waals surface area (Å²) in [7, 11) is 2.79. The second-order valence-corrected chi connectivity index (χ2v) is 5.89. The Bertz CT molecular complexity index is 650. The quantitative estimate of drug-likeness (QED) is 0.521. The van der Waals surface area contributed by atoms with Crippen molar-refractivity contribution in [3.05, 3.63) is 29.3 Å². The fraction of sp³-hybridized carbons (Fsp3) is 0.444. The van der Waals surface area contributed by atoms with Crippen LogP contribution in [0.5, 0.6) is 5.75 Å². The minimum atomic E-state index is -0.520. The third-order valence-electron chi connectivity index (χ3n) is 2.76. The van der Waals surface area contributed by atoms with E-state index < -0.39 is 17.7 Å². The third-order valence-corrected chi connectivity index (χ3v) is 2.76. The highest BCUT2D eigenvalue weighted by molar-refractivity contribution is 5.92. The summed E-state index contributed by atoms with van der Waals surface area (Å²) in [6.07, 6.45) is 0.00809. The highest BCUT2D eigenvalue weighted by Crippen LogP contribution is 2.20. The summed E-state index contributed by atoms with van der Waals surface area (Å²) in [6.45, 7) is 5.80. The van der Waals surface area contributed by atoms with Crippen molar-refractivity contribution >= 4 is 12.1 Å². The number of hydrogen-bond acceptors (Lipinski definition) is 5. The monoisotopic (exact) mass is 333 g/mol. The Morgan fingerprint density at radius 3 is 2.50 bits per heavy atom. The first-order chi connectivity index (χ1) is 11.3. The highest BCUT2D eigenvalue weighted by atomic mass is 16.6. The van der Waals surface area contributed by atoms with Crippen LogP contribution in [-0.2, 0) is 9.47 Å². The second-order valence-electron chi connectivity index (χ2n) is 5.89. The van der Waals surface area contributed by atoms with Crippen molar-refractivity contribution < 1.29 is 23.8 Å². The van der Waals surface area contributed by atoms with E-state index in [-0.39, 0.29) is 0 Å². The molecule has 1 rings (SSSR count). The number of nitrogens with one attached hydrogen (secondary N) is 1. The van der Waals surface area contributed by atoms with Crippen LogP contribution < -0.4 is 10.1 Å². The van der Waals surface area contributed by atoms with E-state index in [1.165, 1.54) is 14.2 Å². The molecule has 0 radical (unpaired) electrons. The predicted octanol–water partition coefficient (Wildman–Crippen LogP) is 2.75. The summed E-state index contributed by atoms with van der Waals surface area (Å²) in [5.74, 6) is 5.83. The smallest absolute Gasteiger partial charge is 0.407 e. The van der Waals surface area contributed by atoms with Gasteiger partial charge < -0.3 is 19.5 Å². The fourth-order valence-corrected chi connectivity index (χ4v) is 1.75. The van der Waals surface area contributed by atoms with Gasteiger partial charge in [0.25, 0.3) is 0 Å². The van der Waals surface area contributed by atoms with Gasteiger partial charge in [0.15, 0.2) is 0 Å². The lowest BCUT2D eigenvalue weighted by atomic mass is 10.1. The summed E-state index contributed by atoms with van der Waals surface area (Å²) in [4.78, 5) is 23.0. The second kappa shape index (κ2) is 8.82. The molecule has 0 saturated carbocycles. The van der Waals surface area contributed by atoms with Crippen LogP contribution in [0.4, 0.5) is 4.79 Å². The van der Waals surface area contributed by atoms with Gasteiger partial charge in [0.05, 0.1) is 14.2 Å². The van der Waals surface area contributed by atoms with Crippen molar-refractivity contribution in [1.29, 1.82) is 0 Å². The Hall–Kier alpha value is -2.68. The molecule has 0 unspecified atom stereocenters. The molecule has 0 aromatic heterocycles. The van der Waals surface area contributed by atoms with E-state index >= 15 is 0 Å². The minimum Gasteiger partial charge on any atom is -0.496 e. The first kappa shape index (κ1) is 19.4. The van der Waals surface area contributed by atoms with Gasteiger partial charge in [-0.15, -0.1) is 0 Å². The summed E-state index contributed by atoms with van der Waals surface area (Å²) < 4.78 is 15.0. The number of alkyl carbamates (subject to hydrolysis) is 1. The van der Waals surface area contributed by atoms with Gasteiger partial charge in [-0.25, -0.2) is 9.59 Å². The minimum absolute atomic E-state index is 0.345. The number of amides is 1. The standard InChI is InChI=1S/C18H23NO5/c1-18(2,3)24-17(21)19-11-7-6-8-13-9-10-14(16(20)23-5)15(12-13)22-4/h9-10,12H,7,11H2,1-5H3,(H,19,21). The van der Waals surface area contributed by atoms with Crippen LogP contribution in [0.3, 0.4) is 0 Å². The molecule has 0 fully saturated rings. The van der Waals surface area contributed by atoms with Crippen LogP contribution in [0.2, 0.25) is 0 Å². The number of hydrogen-bond donors (Lipinski definition) is 1. The Balaban J connectivity index is 2.58. The zero-order valence-electron chi connectivity index (χ0n) is 14.7. The van der Waals surface area contributed by atoms with E-state index in [1.54, 1.807) is 39.0 Å².